The van der Waals surface area contributed by atoms with Crippen LogP contribution in [0.3, 0.4) is 0 Å². The highest BCUT2D eigenvalue weighted by Gasteiger charge is 2.21. The van der Waals surface area contributed by atoms with Crippen LogP contribution in [0, 0.1) is 0 Å². The molecule has 0 bridgehead atoms. The molecule has 2 rings (SSSR count). The van der Waals surface area contributed by atoms with Gasteiger partial charge in [-0.2, -0.15) is 0 Å². The van der Waals surface area contributed by atoms with Gasteiger partial charge in [-0.3, -0.25) is 9.97 Å². The van der Waals surface area contributed by atoms with Crippen molar-refractivity contribution in [3.8, 4) is 5.88 Å². The summed E-state index contributed by atoms with van der Waals surface area (Å²) in [5.74, 6) is 0.317. The number of nitrogens with zero attached hydrogens (tertiary/aromatic N) is 3. The minimum Gasteiger partial charge on any atom is -0.480 e. The van der Waals surface area contributed by atoms with Gasteiger partial charge in [0.2, 0.25) is 5.88 Å². The van der Waals surface area contributed by atoms with Gasteiger partial charge in [-0.1, -0.05) is 13.0 Å². The van der Waals surface area contributed by atoms with E-state index in [-0.39, 0.29) is 0 Å². The minimum atomic E-state index is -0.926. The van der Waals surface area contributed by atoms with Crippen LogP contribution in [0.5, 0.6) is 5.88 Å². The summed E-state index contributed by atoms with van der Waals surface area (Å²) in [4.78, 5) is 12.4. The molecule has 0 fully saturated rings. The molecule has 2 aromatic heterocycles. The second kappa shape index (κ2) is 5.55. The minimum absolute atomic E-state index is 0.317. The Morgan fingerprint density at radius 2 is 1.89 bits per heavy atom. The lowest BCUT2D eigenvalue weighted by molar-refractivity contribution is 0.202. The van der Waals surface area contributed by atoms with Crippen LogP contribution < -0.4 is 4.74 Å². The van der Waals surface area contributed by atoms with Gasteiger partial charge in [0.05, 0.1) is 12.8 Å². The molecule has 94 valence electrons. The lowest BCUT2D eigenvalue weighted by Gasteiger charge is -2.14. The number of rotatable bonds is 4. The van der Waals surface area contributed by atoms with Gasteiger partial charge < -0.3 is 9.84 Å². The molecule has 0 spiro atoms. The number of pyridine rings is 1. The summed E-state index contributed by atoms with van der Waals surface area (Å²) < 4.78 is 5.10. The molecule has 1 atom stereocenters. The topological polar surface area (TPSA) is 68.1 Å². The average Bonchev–Trinajstić information content (AvgIpc) is 2.46. The Morgan fingerprint density at radius 1 is 1.17 bits per heavy atom. The van der Waals surface area contributed by atoms with Gasteiger partial charge in [0, 0.05) is 18.6 Å². The molecule has 0 aliphatic heterocycles. The summed E-state index contributed by atoms with van der Waals surface area (Å²) in [5, 5.41) is 10.4. The van der Waals surface area contributed by atoms with E-state index in [0.29, 0.717) is 17.3 Å². The van der Waals surface area contributed by atoms with Gasteiger partial charge in [-0.25, -0.2) is 4.98 Å². The molecular formula is C13H15N3O2. The zero-order valence-electron chi connectivity index (χ0n) is 10.4. The number of hydrogen-bond acceptors (Lipinski definition) is 5. The molecule has 0 aromatic carbocycles. The van der Waals surface area contributed by atoms with Crippen LogP contribution in [0.2, 0.25) is 0 Å². The first kappa shape index (κ1) is 12.4. The van der Waals surface area contributed by atoms with Crippen molar-refractivity contribution in [1.82, 2.24) is 15.0 Å². The van der Waals surface area contributed by atoms with Crippen LogP contribution in [0.25, 0.3) is 0 Å². The zero-order chi connectivity index (χ0) is 13.0. The summed E-state index contributed by atoms with van der Waals surface area (Å²) in [6, 6.07) is 3.79. The molecule has 0 saturated carbocycles. The fourth-order valence-corrected chi connectivity index (χ4v) is 1.81. The molecule has 1 N–H and O–H groups in total. The summed E-state index contributed by atoms with van der Waals surface area (Å²) in [6.45, 7) is 2.02. The maximum atomic E-state index is 10.4. The van der Waals surface area contributed by atoms with Gasteiger partial charge >= 0.3 is 0 Å². The van der Waals surface area contributed by atoms with Crippen molar-refractivity contribution >= 4 is 0 Å². The number of aliphatic hydroxyl groups excluding tert-OH is 1. The largest absolute Gasteiger partial charge is 0.480 e. The van der Waals surface area contributed by atoms with E-state index in [9.17, 15) is 5.11 Å². The zero-order valence-corrected chi connectivity index (χ0v) is 10.4. The normalized spacial score (nSPS) is 12.2. The molecule has 1 unspecified atom stereocenters. The van der Waals surface area contributed by atoms with Gasteiger partial charge in [0.15, 0.2) is 0 Å². The second-order valence-corrected chi connectivity index (χ2v) is 3.75. The van der Waals surface area contributed by atoms with Crippen LogP contribution in [-0.4, -0.2) is 27.2 Å². The SMILES string of the molecule is CCc1cccnc1C(O)c1nccnc1OC. The first-order chi connectivity index (χ1) is 8.77. The predicted octanol–water partition coefficient (Wildman–Crippen LogP) is 1.52. The van der Waals surface area contributed by atoms with E-state index in [4.69, 9.17) is 4.74 Å². The Kier molecular flexibility index (Phi) is 3.84. The van der Waals surface area contributed by atoms with Gasteiger partial charge in [0.25, 0.3) is 0 Å². The van der Waals surface area contributed by atoms with Gasteiger partial charge in [0.1, 0.15) is 11.8 Å². The maximum absolute atomic E-state index is 10.4. The van der Waals surface area contributed by atoms with E-state index in [2.05, 4.69) is 15.0 Å². The number of ether oxygens (including phenoxy) is 1. The lowest BCUT2D eigenvalue weighted by atomic mass is 10.0. The van der Waals surface area contributed by atoms with Crippen LogP contribution in [0.15, 0.2) is 30.7 Å². The average molecular weight is 245 g/mol. The molecule has 0 aliphatic carbocycles. The molecule has 2 aromatic rings. The predicted molar refractivity (Wildman–Crippen MR) is 66.3 cm³/mol. The van der Waals surface area contributed by atoms with Crippen molar-refractivity contribution < 1.29 is 9.84 Å². The smallest absolute Gasteiger partial charge is 0.238 e. The van der Waals surface area contributed by atoms with Crippen molar-refractivity contribution in [2.24, 2.45) is 0 Å². The fourth-order valence-electron chi connectivity index (χ4n) is 1.81. The summed E-state index contributed by atoms with van der Waals surface area (Å²) in [5.41, 5.74) is 1.96. The van der Waals surface area contributed by atoms with E-state index in [1.807, 2.05) is 19.1 Å². The Labute approximate surface area is 106 Å². The van der Waals surface area contributed by atoms with Crippen LogP contribution in [0.1, 0.15) is 30.0 Å². The van der Waals surface area contributed by atoms with E-state index >= 15 is 0 Å². The van der Waals surface area contributed by atoms with Crippen molar-refractivity contribution in [1.29, 1.82) is 0 Å². The highest BCUT2D eigenvalue weighted by atomic mass is 16.5. The standard InChI is InChI=1S/C13H15N3O2/c1-3-9-5-4-6-14-10(9)12(17)11-13(18-2)16-8-7-15-11/h4-8,12,17H,3H2,1-2H3. The Morgan fingerprint density at radius 3 is 2.61 bits per heavy atom. The van der Waals surface area contributed by atoms with Crippen LogP contribution in [-0.2, 0) is 6.42 Å². The van der Waals surface area contributed by atoms with Crippen molar-refractivity contribution in [2.75, 3.05) is 7.11 Å². The quantitative estimate of drug-likeness (QED) is 0.884. The van der Waals surface area contributed by atoms with E-state index in [1.165, 1.54) is 19.5 Å². The van der Waals surface area contributed by atoms with Gasteiger partial charge in [-0.15, -0.1) is 0 Å². The Balaban J connectivity index is 2.44. The molecular weight excluding hydrogens is 230 g/mol. The molecule has 2 heterocycles. The molecule has 0 radical (unpaired) electrons. The molecule has 0 saturated heterocycles. The van der Waals surface area contributed by atoms with Crippen LogP contribution >= 0.6 is 0 Å². The molecule has 0 aliphatic rings. The van der Waals surface area contributed by atoms with E-state index < -0.39 is 6.10 Å². The fraction of sp³-hybridized carbons (Fsp3) is 0.308. The second-order valence-electron chi connectivity index (χ2n) is 3.75. The molecule has 0 amide bonds. The number of methoxy groups -OCH3 is 1. The molecule has 5 nitrogen and oxygen atoms in total. The summed E-state index contributed by atoms with van der Waals surface area (Å²) in [7, 11) is 1.50. The highest BCUT2D eigenvalue weighted by molar-refractivity contribution is 5.31. The van der Waals surface area contributed by atoms with Crippen molar-refractivity contribution in [2.45, 2.75) is 19.4 Å². The molecule has 18 heavy (non-hydrogen) atoms. The number of aryl methyl sites for hydroxylation is 1. The lowest BCUT2D eigenvalue weighted by Crippen LogP contribution is -2.10. The third kappa shape index (κ3) is 2.31. The Bertz CT molecular complexity index is 484. The van der Waals surface area contributed by atoms with Crippen molar-refractivity contribution in [3.63, 3.8) is 0 Å². The highest BCUT2D eigenvalue weighted by Crippen LogP contribution is 2.26. The van der Waals surface area contributed by atoms with E-state index in [1.54, 1.807) is 6.20 Å². The number of aromatic nitrogens is 3. The monoisotopic (exact) mass is 245 g/mol. The first-order valence-corrected chi connectivity index (χ1v) is 5.74. The number of aliphatic hydroxyl groups is 1. The molecule has 5 heteroatoms. The third-order valence-electron chi connectivity index (χ3n) is 2.71. The number of hydrogen-bond donors (Lipinski definition) is 1. The maximum Gasteiger partial charge on any atom is 0.238 e. The summed E-state index contributed by atoms with van der Waals surface area (Å²) in [6.07, 6.45) is 4.57. The Hall–Kier alpha value is -2.01. The third-order valence-corrected chi connectivity index (χ3v) is 2.71. The first-order valence-electron chi connectivity index (χ1n) is 5.74. The van der Waals surface area contributed by atoms with Crippen LogP contribution in [0.4, 0.5) is 0 Å². The van der Waals surface area contributed by atoms with Crippen molar-refractivity contribution in [3.05, 3.63) is 47.7 Å². The summed E-state index contributed by atoms with van der Waals surface area (Å²) >= 11 is 0. The van der Waals surface area contributed by atoms with E-state index in [0.717, 1.165) is 12.0 Å². The van der Waals surface area contributed by atoms with Gasteiger partial charge in [-0.05, 0) is 18.1 Å².